The predicted octanol–water partition coefficient (Wildman–Crippen LogP) is 2.06. The Labute approximate surface area is 102 Å². The summed E-state index contributed by atoms with van der Waals surface area (Å²) in [6, 6.07) is 4.82. The molecular weight excluding hydrogens is 249 g/mol. The maximum Gasteiger partial charge on any atom is 0.416 e. The first-order valence-electron chi connectivity index (χ1n) is 5.23. The molecule has 0 atom stereocenters. The zero-order valence-electron chi connectivity index (χ0n) is 9.42. The van der Waals surface area contributed by atoms with Crippen LogP contribution in [0, 0.1) is 0 Å². The van der Waals surface area contributed by atoms with E-state index < -0.39 is 17.8 Å². The SMILES string of the molecule is O=C(O)NCCNCc1ccc(C(F)(F)F)cc1. The lowest BCUT2D eigenvalue weighted by Crippen LogP contribution is -2.30. The molecule has 4 nitrogen and oxygen atoms in total. The van der Waals surface area contributed by atoms with E-state index in [9.17, 15) is 18.0 Å². The summed E-state index contributed by atoms with van der Waals surface area (Å²) in [5.41, 5.74) is 0.0251. The molecule has 0 bridgehead atoms. The molecular formula is C11H13F3N2O2. The van der Waals surface area contributed by atoms with Gasteiger partial charge in [-0.05, 0) is 17.7 Å². The molecule has 0 aliphatic carbocycles. The van der Waals surface area contributed by atoms with Gasteiger partial charge in [0.05, 0.1) is 5.56 Å². The van der Waals surface area contributed by atoms with Gasteiger partial charge in [-0.15, -0.1) is 0 Å². The maximum absolute atomic E-state index is 12.3. The van der Waals surface area contributed by atoms with E-state index in [1.807, 2.05) is 0 Å². The molecule has 1 rings (SSSR count). The van der Waals surface area contributed by atoms with Crippen molar-refractivity contribution >= 4 is 6.09 Å². The number of hydrogen-bond donors (Lipinski definition) is 3. The molecule has 1 aromatic carbocycles. The van der Waals surface area contributed by atoms with Crippen LogP contribution in [0.15, 0.2) is 24.3 Å². The number of halogens is 3. The second-order valence-electron chi connectivity index (χ2n) is 3.60. The normalized spacial score (nSPS) is 11.3. The molecule has 0 saturated carbocycles. The molecule has 1 amide bonds. The molecule has 7 heteroatoms. The van der Waals surface area contributed by atoms with E-state index in [0.29, 0.717) is 18.7 Å². The van der Waals surface area contributed by atoms with Gasteiger partial charge in [-0.1, -0.05) is 12.1 Å². The molecule has 100 valence electrons. The zero-order chi connectivity index (χ0) is 13.6. The molecule has 0 aliphatic heterocycles. The van der Waals surface area contributed by atoms with Gasteiger partial charge in [-0.2, -0.15) is 13.2 Å². The van der Waals surface area contributed by atoms with Crippen LogP contribution in [0.2, 0.25) is 0 Å². The molecule has 0 spiro atoms. The summed E-state index contributed by atoms with van der Waals surface area (Å²) in [6.45, 7) is 1.04. The maximum atomic E-state index is 12.3. The molecule has 0 fully saturated rings. The quantitative estimate of drug-likeness (QED) is 0.712. The third-order valence-corrected chi connectivity index (χ3v) is 2.19. The van der Waals surface area contributed by atoms with E-state index in [1.165, 1.54) is 12.1 Å². The highest BCUT2D eigenvalue weighted by Crippen LogP contribution is 2.28. The summed E-state index contributed by atoms with van der Waals surface area (Å²) in [4.78, 5) is 10.1. The lowest BCUT2D eigenvalue weighted by Gasteiger charge is -2.08. The van der Waals surface area contributed by atoms with Gasteiger partial charge in [0, 0.05) is 19.6 Å². The van der Waals surface area contributed by atoms with Crippen molar-refractivity contribution in [2.24, 2.45) is 0 Å². The zero-order valence-corrected chi connectivity index (χ0v) is 9.42. The van der Waals surface area contributed by atoms with Crippen LogP contribution in [0.4, 0.5) is 18.0 Å². The molecule has 0 saturated heterocycles. The van der Waals surface area contributed by atoms with Crippen molar-refractivity contribution in [3.8, 4) is 0 Å². The Hall–Kier alpha value is -1.76. The van der Waals surface area contributed by atoms with Crippen LogP contribution < -0.4 is 10.6 Å². The highest BCUT2D eigenvalue weighted by molar-refractivity contribution is 5.64. The molecule has 0 unspecified atom stereocenters. The second kappa shape index (κ2) is 6.25. The van der Waals surface area contributed by atoms with E-state index >= 15 is 0 Å². The number of carbonyl (C=O) groups is 1. The minimum Gasteiger partial charge on any atom is -0.465 e. The van der Waals surface area contributed by atoms with E-state index in [2.05, 4.69) is 10.6 Å². The van der Waals surface area contributed by atoms with Crippen LogP contribution in [0.5, 0.6) is 0 Å². The van der Waals surface area contributed by atoms with Crippen molar-refractivity contribution < 1.29 is 23.1 Å². The first kappa shape index (κ1) is 14.3. The Morgan fingerprint density at radius 1 is 1.17 bits per heavy atom. The van der Waals surface area contributed by atoms with Crippen LogP contribution >= 0.6 is 0 Å². The average molecular weight is 262 g/mol. The van der Waals surface area contributed by atoms with Gasteiger partial charge in [-0.25, -0.2) is 4.79 Å². The topological polar surface area (TPSA) is 61.4 Å². The third-order valence-electron chi connectivity index (χ3n) is 2.19. The van der Waals surface area contributed by atoms with Crippen molar-refractivity contribution in [1.82, 2.24) is 10.6 Å². The standard InChI is InChI=1S/C11H13F3N2O2/c12-11(13,14)9-3-1-8(2-4-9)7-15-5-6-16-10(17)18/h1-4,15-16H,5-7H2,(H,17,18). The lowest BCUT2D eigenvalue weighted by atomic mass is 10.1. The van der Waals surface area contributed by atoms with E-state index in [0.717, 1.165) is 12.1 Å². The molecule has 3 N–H and O–H groups in total. The fourth-order valence-electron chi connectivity index (χ4n) is 1.30. The Morgan fingerprint density at radius 2 is 1.78 bits per heavy atom. The fourth-order valence-corrected chi connectivity index (χ4v) is 1.30. The summed E-state index contributed by atoms with van der Waals surface area (Å²) >= 11 is 0. The minimum absolute atomic E-state index is 0.246. The van der Waals surface area contributed by atoms with E-state index in [-0.39, 0.29) is 6.54 Å². The lowest BCUT2D eigenvalue weighted by molar-refractivity contribution is -0.137. The number of hydrogen-bond acceptors (Lipinski definition) is 2. The first-order chi connectivity index (χ1) is 8.39. The fraction of sp³-hybridized carbons (Fsp3) is 0.364. The predicted molar refractivity (Wildman–Crippen MR) is 59.2 cm³/mol. The number of alkyl halides is 3. The summed E-state index contributed by atoms with van der Waals surface area (Å²) in [6.07, 6.45) is -5.43. The van der Waals surface area contributed by atoms with Crippen LogP contribution in [-0.4, -0.2) is 24.3 Å². The van der Waals surface area contributed by atoms with Crippen LogP contribution in [0.25, 0.3) is 0 Å². The van der Waals surface area contributed by atoms with Crippen molar-refractivity contribution in [1.29, 1.82) is 0 Å². The van der Waals surface area contributed by atoms with E-state index in [1.54, 1.807) is 0 Å². The largest absolute Gasteiger partial charge is 0.465 e. The number of nitrogens with one attached hydrogen (secondary N) is 2. The van der Waals surface area contributed by atoms with Gasteiger partial charge in [0.15, 0.2) is 0 Å². The summed E-state index contributed by atoms with van der Waals surface area (Å²) < 4.78 is 36.8. The van der Waals surface area contributed by atoms with Gasteiger partial charge >= 0.3 is 12.3 Å². The number of benzene rings is 1. The summed E-state index contributed by atoms with van der Waals surface area (Å²) in [5, 5.41) is 13.4. The Kier molecular flexibility index (Phi) is 4.96. The van der Waals surface area contributed by atoms with Crippen molar-refractivity contribution in [2.75, 3.05) is 13.1 Å². The molecule has 1 aromatic rings. The number of rotatable bonds is 5. The van der Waals surface area contributed by atoms with E-state index in [4.69, 9.17) is 5.11 Å². The smallest absolute Gasteiger partial charge is 0.416 e. The number of carboxylic acid groups (broad SMARTS) is 1. The summed E-state index contributed by atoms with van der Waals surface area (Å²) in [7, 11) is 0. The molecule has 0 radical (unpaired) electrons. The minimum atomic E-state index is -4.32. The highest BCUT2D eigenvalue weighted by Gasteiger charge is 2.29. The van der Waals surface area contributed by atoms with Gasteiger partial charge in [0.2, 0.25) is 0 Å². The van der Waals surface area contributed by atoms with Gasteiger partial charge in [0.25, 0.3) is 0 Å². The monoisotopic (exact) mass is 262 g/mol. The highest BCUT2D eigenvalue weighted by atomic mass is 19.4. The van der Waals surface area contributed by atoms with Crippen molar-refractivity contribution in [2.45, 2.75) is 12.7 Å². The molecule has 0 heterocycles. The van der Waals surface area contributed by atoms with Crippen LogP contribution in [-0.2, 0) is 12.7 Å². The van der Waals surface area contributed by atoms with Gasteiger partial charge < -0.3 is 15.7 Å². The van der Waals surface area contributed by atoms with Crippen molar-refractivity contribution in [3.05, 3.63) is 35.4 Å². The Bertz CT molecular complexity index is 390. The van der Waals surface area contributed by atoms with Gasteiger partial charge in [0.1, 0.15) is 0 Å². The Balaban J connectivity index is 2.33. The van der Waals surface area contributed by atoms with Crippen molar-refractivity contribution in [3.63, 3.8) is 0 Å². The average Bonchev–Trinajstić information content (AvgIpc) is 2.27. The van der Waals surface area contributed by atoms with Crippen LogP contribution in [0.3, 0.4) is 0 Å². The third kappa shape index (κ3) is 5.05. The Morgan fingerprint density at radius 3 is 2.28 bits per heavy atom. The molecule has 0 aromatic heterocycles. The second-order valence-corrected chi connectivity index (χ2v) is 3.60. The van der Waals surface area contributed by atoms with Crippen LogP contribution in [0.1, 0.15) is 11.1 Å². The first-order valence-corrected chi connectivity index (χ1v) is 5.23. The summed E-state index contributed by atoms with van der Waals surface area (Å²) in [5.74, 6) is 0. The van der Waals surface area contributed by atoms with Gasteiger partial charge in [-0.3, -0.25) is 0 Å². The molecule has 18 heavy (non-hydrogen) atoms. The number of amides is 1. The molecule has 0 aliphatic rings.